The number of aliphatic hydroxyl groups is 1. The first-order valence-electron chi connectivity index (χ1n) is 16.7. The zero-order valence-corrected chi connectivity index (χ0v) is 29.3. The summed E-state index contributed by atoms with van der Waals surface area (Å²) >= 11 is 0. The highest BCUT2D eigenvalue weighted by Gasteiger charge is 2.45. The standard InChI is InChI=1S/C38H57NO2Si/c1-36(2,3)28-21-15-20-27(22-28)35(40)33-31(25-16-11-12-17-25)32-29(39-34(33)26-18-13-14-19-26)23-38(7,8)24-30(32)41-42(9,10)37(4,5)6/h15-16,20-22,26,30,35,40H,11-14,17-19,23-24H2,1-10H3/t30-,35?/m0/s1. The maximum absolute atomic E-state index is 12.5. The molecule has 1 unspecified atom stereocenters. The van der Waals surface area contributed by atoms with Crippen molar-refractivity contribution in [3.05, 3.63) is 69.5 Å². The van der Waals surface area contributed by atoms with Gasteiger partial charge in [0.25, 0.3) is 0 Å². The summed E-state index contributed by atoms with van der Waals surface area (Å²) in [4.78, 5) is 5.63. The molecule has 0 saturated heterocycles. The Morgan fingerprint density at radius 3 is 2.31 bits per heavy atom. The Balaban J connectivity index is 1.79. The second-order valence-electron chi connectivity index (χ2n) is 16.9. The number of nitrogens with zero attached hydrogens (tertiary/aromatic N) is 1. The third-order valence-electron chi connectivity index (χ3n) is 10.8. The molecule has 0 bridgehead atoms. The molecule has 5 rings (SSSR count). The number of fused-ring (bicyclic) bond motifs is 1. The molecule has 0 spiro atoms. The lowest BCUT2D eigenvalue weighted by Crippen LogP contribution is -2.44. The number of hydrogen-bond acceptors (Lipinski definition) is 3. The van der Waals surface area contributed by atoms with E-state index in [9.17, 15) is 5.11 Å². The van der Waals surface area contributed by atoms with Gasteiger partial charge in [0.15, 0.2) is 8.32 Å². The molecule has 3 nitrogen and oxygen atoms in total. The molecule has 1 aromatic heterocycles. The largest absolute Gasteiger partial charge is 0.410 e. The molecule has 3 aliphatic rings. The van der Waals surface area contributed by atoms with Crippen molar-refractivity contribution >= 4 is 13.9 Å². The van der Waals surface area contributed by atoms with Crippen LogP contribution in [0.25, 0.3) is 5.57 Å². The molecule has 1 fully saturated rings. The van der Waals surface area contributed by atoms with Gasteiger partial charge in [0.1, 0.15) is 6.10 Å². The van der Waals surface area contributed by atoms with Crippen LogP contribution in [0.2, 0.25) is 18.1 Å². The molecule has 1 aromatic carbocycles. The molecule has 4 heteroatoms. The second kappa shape index (κ2) is 11.3. The second-order valence-corrected chi connectivity index (χ2v) is 21.7. The summed E-state index contributed by atoms with van der Waals surface area (Å²) in [5, 5.41) is 12.6. The number of rotatable bonds is 6. The van der Waals surface area contributed by atoms with Crippen molar-refractivity contribution in [2.45, 2.75) is 155 Å². The molecule has 1 saturated carbocycles. The first-order valence-corrected chi connectivity index (χ1v) is 19.6. The molecular formula is C38H57NO2Si. The van der Waals surface area contributed by atoms with E-state index in [-0.39, 0.29) is 22.0 Å². The highest BCUT2D eigenvalue weighted by Crippen LogP contribution is 2.53. The molecule has 2 aromatic rings. The van der Waals surface area contributed by atoms with E-state index in [1.165, 1.54) is 65.8 Å². The number of benzene rings is 1. The van der Waals surface area contributed by atoms with Crippen molar-refractivity contribution in [3.63, 3.8) is 0 Å². The summed E-state index contributed by atoms with van der Waals surface area (Å²) in [6.07, 6.45) is 11.9. The van der Waals surface area contributed by atoms with E-state index in [1.54, 1.807) is 0 Å². The molecular weight excluding hydrogens is 531 g/mol. The maximum atomic E-state index is 12.5. The summed E-state index contributed by atoms with van der Waals surface area (Å²) in [7, 11) is -2.07. The average molecular weight is 588 g/mol. The van der Waals surface area contributed by atoms with E-state index < -0.39 is 14.4 Å². The van der Waals surface area contributed by atoms with E-state index in [0.717, 1.165) is 36.8 Å². The van der Waals surface area contributed by atoms with Crippen molar-refractivity contribution in [3.8, 4) is 0 Å². The number of pyridine rings is 1. The molecule has 0 amide bonds. The van der Waals surface area contributed by atoms with Gasteiger partial charge in [0.05, 0.1) is 11.8 Å². The minimum Gasteiger partial charge on any atom is -0.410 e. The zero-order valence-electron chi connectivity index (χ0n) is 28.3. The summed E-state index contributed by atoms with van der Waals surface area (Å²) in [5.41, 5.74) is 9.88. The Labute approximate surface area is 257 Å². The van der Waals surface area contributed by atoms with E-state index in [0.29, 0.717) is 5.92 Å². The predicted octanol–water partition coefficient (Wildman–Crippen LogP) is 10.7. The summed E-state index contributed by atoms with van der Waals surface area (Å²) in [6.45, 7) is 23.3. The lowest BCUT2D eigenvalue weighted by atomic mass is 9.71. The Hall–Kier alpha value is -1.75. The van der Waals surface area contributed by atoms with Crippen LogP contribution in [0.15, 0.2) is 30.3 Å². The normalized spacial score (nSPS) is 22.3. The van der Waals surface area contributed by atoms with E-state index in [4.69, 9.17) is 9.41 Å². The molecule has 3 aliphatic carbocycles. The van der Waals surface area contributed by atoms with Gasteiger partial charge in [-0.15, -0.1) is 0 Å². The van der Waals surface area contributed by atoms with Gasteiger partial charge in [-0.25, -0.2) is 0 Å². The highest BCUT2D eigenvalue weighted by molar-refractivity contribution is 6.74. The molecule has 0 radical (unpaired) electrons. The first-order chi connectivity index (χ1) is 19.5. The van der Waals surface area contributed by atoms with Gasteiger partial charge in [0, 0.05) is 22.7 Å². The number of allylic oxidation sites excluding steroid dienone is 2. The molecule has 230 valence electrons. The van der Waals surface area contributed by atoms with Crippen LogP contribution in [-0.4, -0.2) is 18.4 Å². The zero-order chi connectivity index (χ0) is 30.7. The van der Waals surface area contributed by atoms with Gasteiger partial charge in [-0.05, 0) is 96.2 Å². The van der Waals surface area contributed by atoms with Gasteiger partial charge < -0.3 is 9.53 Å². The Morgan fingerprint density at radius 2 is 1.71 bits per heavy atom. The molecule has 42 heavy (non-hydrogen) atoms. The predicted molar refractivity (Wildman–Crippen MR) is 180 cm³/mol. The van der Waals surface area contributed by atoms with Crippen molar-refractivity contribution in [1.82, 2.24) is 4.98 Å². The fourth-order valence-corrected chi connectivity index (χ4v) is 8.57. The number of aromatic nitrogens is 1. The smallest absolute Gasteiger partial charge is 0.192 e. The minimum atomic E-state index is -2.07. The SMILES string of the molecule is CC1(C)Cc2nc(C3CCCC3)c(C(O)c3cccc(C(C)(C)C)c3)c(C3=CCCC3)c2[C@@H](O[Si](C)(C)C(C)(C)C)C1. The van der Waals surface area contributed by atoms with Gasteiger partial charge in [-0.3, -0.25) is 4.98 Å². The number of aliphatic hydroxyl groups excluding tert-OH is 1. The van der Waals surface area contributed by atoms with Gasteiger partial charge in [-0.2, -0.15) is 0 Å². The summed E-state index contributed by atoms with van der Waals surface area (Å²) in [6, 6.07) is 8.69. The van der Waals surface area contributed by atoms with E-state index in [1.807, 2.05) is 0 Å². The van der Waals surface area contributed by atoms with E-state index >= 15 is 0 Å². The van der Waals surface area contributed by atoms with Crippen molar-refractivity contribution in [2.75, 3.05) is 0 Å². The van der Waals surface area contributed by atoms with Crippen molar-refractivity contribution in [1.29, 1.82) is 0 Å². The topological polar surface area (TPSA) is 42.4 Å². The summed E-state index contributed by atoms with van der Waals surface area (Å²) in [5.74, 6) is 0.413. The highest BCUT2D eigenvalue weighted by atomic mass is 28.4. The third-order valence-corrected chi connectivity index (χ3v) is 15.3. The fourth-order valence-electron chi connectivity index (χ4n) is 7.30. The first kappa shape index (κ1) is 31.7. The lowest BCUT2D eigenvalue weighted by molar-refractivity contribution is 0.105. The lowest BCUT2D eigenvalue weighted by Gasteiger charge is -2.45. The van der Waals surface area contributed by atoms with Gasteiger partial charge >= 0.3 is 0 Å². The molecule has 1 heterocycles. The fraction of sp³-hybridized carbons (Fsp3) is 0.658. The van der Waals surface area contributed by atoms with Gasteiger partial charge in [-0.1, -0.05) is 98.6 Å². The number of hydrogen-bond donors (Lipinski definition) is 1. The van der Waals surface area contributed by atoms with Crippen molar-refractivity contribution in [2.24, 2.45) is 5.41 Å². The van der Waals surface area contributed by atoms with Crippen molar-refractivity contribution < 1.29 is 9.53 Å². The Morgan fingerprint density at radius 1 is 1.02 bits per heavy atom. The van der Waals surface area contributed by atoms with E-state index in [2.05, 4.69) is 98.8 Å². The average Bonchev–Trinajstić information content (AvgIpc) is 3.60. The quantitative estimate of drug-likeness (QED) is 0.342. The van der Waals surface area contributed by atoms with Crippen LogP contribution in [0.5, 0.6) is 0 Å². The Bertz CT molecular complexity index is 1330. The molecule has 0 aliphatic heterocycles. The monoisotopic (exact) mass is 587 g/mol. The van der Waals surface area contributed by atoms with Crippen LogP contribution in [0.1, 0.15) is 164 Å². The third kappa shape index (κ3) is 6.24. The Kier molecular flexibility index (Phi) is 8.53. The maximum Gasteiger partial charge on any atom is 0.192 e. The van der Waals surface area contributed by atoms with Crippen LogP contribution in [0.3, 0.4) is 0 Å². The summed E-state index contributed by atoms with van der Waals surface area (Å²) < 4.78 is 7.37. The molecule has 1 N–H and O–H groups in total. The van der Waals surface area contributed by atoms with Crippen LogP contribution >= 0.6 is 0 Å². The van der Waals surface area contributed by atoms with Crippen LogP contribution in [0, 0.1) is 5.41 Å². The van der Waals surface area contributed by atoms with Crippen LogP contribution in [0.4, 0.5) is 0 Å². The molecule has 2 atom stereocenters. The van der Waals surface area contributed by atoms with Crippen LogP contribution < -0.4 is 0 Å². The van der Waals surface area contributed by atoms with Gasteiger partial charge in [0.2, 0.25) is 0 Å². The van der Waals surface area contributed by atoms with Crippen LogP contribution in [-0.2, 0) is 16.3 Å². The minimum absolute atomic E-state index is 0.00173.